The summed E-state index contributed by atoms with van der Waals surface area (Å²) in [5, 5.41) is 0.206. The van der Waals surface area contributed by atoms with Crippen LogP contribution in [0.25, 0.3) is 0 Å². The van der Waals surface area contributed by atoms with Crippen LogP contribution in [0.2, 0.25) is 5.02 Å². The van der Waals surface area contributed by atoms with Gasteiger partial charge < -0.3 is 4.74 Å². The van der Waals surface area contributed by atoms with Crippen LogP contribution in [0.3, 0.4) is 0 Å². The molecule has 1 aromatic carbocycles. The standard InChI is InChI=1S/C15H15BrClFN2O5S/c1-3-24-15(21)14-13(16)12(20-25-26(2,22)23)7-11(19-14)9-5-4-8(17)6-10(9)18/h4-7,11,13,20H,3H2,1-2H3. The summed E-state index contributed by atoms with van der Waals surface area (Å²) < 4.78 is 46.2. The Balaban J connectivity index is 2.44. The van der Waals surface area contributed by atoms with Crippen molar-refractivity contribution in [2.24, 2.45) is 4.99 Å². The van der Waals surface area contributed by atoms with Crippen molar-refractivity contribution in [1.82, 2.24) is 5.48 Å². The number of carbonyl (C=O) groups excluding carboxylic acids is 1. The first-order chi connectivity index (χ1) is 12.1. The van der Waals surface area contributed by atoms with E-state index >= 15 is 0 Å². The van der Waals surface area contributed by atoms with Crippen LogP contribution in [0.5, 0.6) is 0 Å². The van der Waals surface area contributed by atoms with Crippen molar-refractivity contribution in [2.75, 3.05) is 12.9 Å². The summed E-state index contributed by atoms with van der Waals surface area (Å²) in [4.78, 5) is 15.6. The molecule has 0 saturated carbocycles. The first-order valence-corrected chi connectivity index (χ1v) is 10.4. The highest BCUT2D eigenvalue weighted by molar-refractivity contribution is 9.10. The van der Waals surface area contributed by atoms with Gasteiger partial charge >= 0.3 is 5.97 Å². The fourth-order valence-corrected chi connectivity index (χ4v) is 3.08. The Labute approximate surface area is 163 Å². The highest BCUT2D eigenvalue weighted by Crippen LogP contribution is 2.31. The number of aliphatic imine (C=N–C) groups is 1. The van der Waals surface area contributed by atoms with Gasteiger partial charge in [-0.2, -0.15) is 12.7 Å². The van der Waals surface area contributed by atoms with Crippen molar-refractivity contribution in [3.8, 4) is 0 Å². The van der Waals surface area contributed by atoms with E-state index in [-0.39, 0.29) is 28.6 Å². The van der Waals surface area contributed by atoms with Crippen LogP contribution < -0.4 is 5.48 Å². The smallest absolute Gasteiger partial charge is 0.353 e. The molecule has 11 heteroatoms. The summed E-state index contributed by atoms with van der Waals surface area (Å²) in [6.07, 6.45) is 2.28. The van der Waals surface area contributed by atoms with E-state index < -0.39 is 32.8 Å². The van der Waals surface area contributed by atoms with E-state index in [1.807, 2.05) is 0 Å². The number of alkyl halides is 1. The second kappa shape index (κ2) is 8.47. The van der Waals surface area contributed by atoms with Gasteiger partial charge in [0.1, 0.15) is 16.4 Å². The molecule has 2 unspecified atom stereocenters. The molecular weight excluding hydrogens is 455 g/mol. The zero-order valence-electron chi connectivity index (χ0n) is 13.7. The molecule has 1 aromatic rings. The minimum absolute atomic E-state index is 0.0618. The van der Waals surface area contributed by atoms with E-state index in [1.54, 1.807) is 6.92 Å². The molecule has 0 fully saturated rings. The van der Waals surface area contributed by atoms with Crippen LogP contribution in [0.1, 0.15) is 18.5 Å². The fraction of sp³-hybridized carbons (Fsp3) is 0.333. The molecule has 142 valence electrons. The third-order valence-electron chi connectivity index (χ3n) is 3.21. The molecule has 0 saturated heterocycles. The summed E-state index contributed by atoms with van der Waals surface area (Å²) in [7, 11) is -3.81. The number of ether oxygens (including phenoxy) is 1. The van der Waals surface area contributed by atoms with Gasteiger partial charge in [-0.25, -0.2) is 9.18 Å². The first-order valence-electron chi connectivity index (χ1n) is 7.32. The number of nitrogens with zero attached hydrogens (tertiary/aromatic N) is 1. The summed E-state index contributed by atoms with van der Waals surface area (Å²) >= 11 is 8.99. The van der Waals surface area contributed by atoms with Gasteiger partial charge in [-0.05, 0) is 25.1 Å². The first kappa shape index (κ1) is 20.8. The van der Waals surface area contributed by atoms with E-state index in [0.29, 0.717) is 0 Å². The normalized spacial score (nSPS) is 20.2. The second-order valence-electron chi connectivity index (χ2n) is 5.22. The lowest BCUT2D eigenvalue weighted by molar-refractivity contribution is -0.135. The second-order valence-corrected chi connectivity index (χ2v) is 8.15. The maximum Gasteiger partial charge on any atom is 0.353 e. The van der Waals surface area contributed by atoms with E-state index in [4.69, 9.17) is 16.3 Å². The van der Waals surface area contributed by atoms with Gasteiger partial charge in [0.25, 0.3) is 10.1 Å². The minimum Gasteiger partial charge on any atom is -0.461 e. The average molecular weight is 470 g/mol. The monoisotopic (exact) mass is 468 g/mol. The number of hydrogen-bond acceptors (Lipinski definition) is 7. The number of carbonyl (C=O) groups is 1. The molecule has 0 aliphatic carbocycles. The van der Waals surface area contributed by atoms with Crippen molar-refractivity contribution >= 4 is 49.3 Å². The molecule has 26 heavy (non-hydrogen) atoms. The number of hydroxylamine groups is 1. The fourth-order valence-electron chi connectivity index (χ4n) is 2.13. The van der Waals surface area contributed by atoms with Gasteiger partial charge in [-0.15, -0.1) is 0 Å². The lowest BCUT2D eigenvalue weighted by Gasteiger charge is -2.24. The van der Waals surface area contributed by atoms with E-state index in [0.717, 1.165) is 12.3 Å². The third-order valence-corrected chi connectivity index (χ3v) is 4.75. The highest BCUT2D eigenvalue weighted by Gasteiger charge is 2.32. The van der Waals surface area contributed by atoms with Crippen molar-refractivity contribution < 1.29 is 26.6 Å². The van der Waals surface area contributed by atoms with Gasteiger partial charge in [-0.3, -0.25) is 10.5 Å². The zero-order valence-corrected chi connectivity index (χ0v) is 16.9. The summed E-state index contributed by atoms with van der Waals surface area (Å²) in [6.45, 7) is 1.74. The lowest BCUT2D eigenvalue weighted by Crippen LogP contribution is -2.36. The Morgan fingerprint density at radius 1 is 1.46 bits per heavy atom. The third kappa shape index (κ3) is 5.26. The molecule has 2 atom stereocenters. The molecule has 2 rings (SSSR count). The van der Waals surface area contributed by atoms with E-state index in [9.17, 15) is 17.6 Å². The van der Waals surface area contributed by atoms with E-state index in [1.165, 1.54) is 18.2 Å². The van der Waals surface area contributed by atoms with Crippen molar-refractivity contribution in [2.45, 2.75) is 17.8 Å². The molecule has 0 aromatic heterocycles. The Kier molecular flexibility index (Phi) is 6.78. The van der Waals surface area contributed by atoms with Gasteiger partial charge in [0.05, 0.1) is 24.6 Å². The summed E-state index contributed by atoms with van der Waals surface area (Å²) in [5.74, 6) is -1.34. The maximum atomic E-state index is 14.3. The quantitative estimate of drug-likeness (QED) is 0.391. The largest absolute Gasteiger partial charge is 0.461 e. The van der Waals surface area contributed by atoms with Crippen LogP contribution >= 0.6 is 27.5 Å². The Hall–Kier alpha value is -1.49. The highest BCUT2D eigenvalue weighted by atomic mass is 79.9. The SMILES string of the molecule is CCOC(=O)C1=NC(c2ccc(Cl)cc2F)C=C(NOS(C)(=O)=O)C1Br. The molecule has 1 heterocycles. The molecule has 0 bridgehead atoms. The van der Waals surface area contributed by atoms with Crippen LogP contribution in [-0.2, 0) is 23.9 Å². The number of allylic oxidation sites excluding steroid dienone is 1. The number of dihydropyridines is 1. The number of hydrogen-bond donors (Lipinski definition) is 1. The molecule has 1 aliphatic heterocycles. The number of rotatable bonds is 6. The number of nitrogens with one attached hydrogen (secondary N) is 1. The van der Waals surface area contributed by atoms with Crippen LogP contribution in [0.4, 0.5) is 4.39 Å². The van der Waals surface area contributed by atoms with Crippen molar-refractivity contribution in [1.29, 1.82) is 0 Å². The molecule has 0 amide bonds. The number of halogens is 3. The molecular formula is C15H15BrClFN2O5S. The molecule has 0 spiro atoms. The summed E-state index contributed by atoms with van der Waals surface area (Å²) in [5.41, 5.74) is 2.50. The van der Waals surface area contributed by atoms with Gasteiger partial charge in [0, 0.05) is 10.6 Å². The number of benzene rings is 1. The van der Waals surface area contributed by atoms with Crippen molar-refractivity contribution in [3.05, 3.63) is 46.4 Å². The predicted molar refractivity (Wildman–Crippen MR) is 98.1 cm³/mol. The van der Waals surface area contributed by atoms with Crippen LogP contribution in [-0.4, -0.2) is 37.8 Å². The van der Waals surface area contributed by atoms with E-state index in [2.05, 4.69) is 30.7 Å². The molecule has 7 nitrogen and oxygen atoms in total. The topological polar surface area (TPSA) is 94.1 Å². The van der Waals surface area contributed by atoms with Gasteiger partial charge in [0.15, 0.2) is 0 Å². The van der Waals surface area contributed by atoms with Crippen LogP contribution in [0, 0.1) is 5.82 Å². The molecule has 1 aliphatic rings. The molecule has 1 N–H and O–H groups in total. The zero-order chi connectivity index (χ0) is 19.5. The lowest BCUT2D eigenvalue weighted by atomic mass is 10.0. The van der Waals surface area contributed by atoms with Crippen LogP contribution in [0.15, 0.2) is 35.0 Å². The predicted octanol–water partition coefficient (Wildman–Crippen LogP) is 2.67. The van der Waals surface area contributed by atoms with Gasteiger partial charge in [0.2, 0.25) is 0 Å². The minimum atomic E-state index is -3.81. The van der Waals surface area contributed by atoms with Crippen molar-refractivity contribution in [3.63, 3.8) is 0 Å². The number of esters is 1. The maximum absolute atomic E-state index is 14.3. The Bertz CT molecular complexity index is 875. The average Bonchev–Trinajstić information content (AvgIpc) is 2.53. The molecule has 0 radical (unpaired) electrons. The van der Waals surface area contributed by atoms with Gasteiger partial charge in [-0.1, -0.05) is 33.6 Å². The Morgan fingerprint density at radius 3 is 2.73 bits per heavy atom. The Morgan fingerprint density at radius 2 is 2.15 bits per heavy atom. The summed E-state index contributed by atoms with van der Waals surface area (Å²) in [6, 6.07) is 3.11.